The van der Waals surface area contributed by atoms with Crippen LogP contribution >= 0.6 is 11.8 Å². The molecule has 0 amide bonds. The molecule has 0 N–H and O–H groups in total. The maximum absolute atomic E-state index is 12.7. The molecule has 0 fully saturated rings. The predicted octanol–water partition coefficient (Wildman–Crippen LogP) is 4.49. The van der Waals surface area contributed by atoms with E-state index in [-0.39, 0.29) is 11.0 Å². The first kappa shape index (κ1) is 16.1. The van der Waals surface area contributed by atoms with Gasteiger partial charge in [0.2, 0.25) is 0 Å². The van der Waals surface area contributed by atoms with E-state index in [1.165, 1.54) is 29.3 Å². The lowest BCUT2D eigenvalue weighted by Gasteiger charge is -2.09. The van der Waals surface area contributed by atoms with Crippen LogP contribution in [0.5, 0.6) is 0 Å². The molecule has 1 aliphatic rings. The van der Waals surface area contributed by atoms with Crippen molar-refractivity contribution in [3.8, 4) is 11.5 Å². The molecule has 5 nitrogen and oxygen atoms in total. The van der Waals surface area contributed by atoms with Gasteiger partial charge in [0.15, 0.2) is 5.78 Å². The zero-order valence-electron chi connectivity index (χ0n) is 14.1. The molecule has 1 aromatic carbocycles. The second-order valence-electron chi connectivity index (χ2n) is 6.22. The van der Waals surface area contributed by atoms with Crippen LogP contribution in [0.3, 0.4) is 0 Å². The molecule has 25 heavy (non-hydrogen) atoms. The quantitative estimate of drug-likeness (QED) is 0.497. The Morgan fingerprint density at radius 2 is 2.04 bits per heavy atom. The molecule has 128 valence electrons. The zero-order chi connectivity index (χ0) is 17.4. The highest BCUT2D eigenvalue weighted by Crippen LogP contribution is 2.30. The number of hydrogen-bond donors (Lipinski definition) is 0. The topological polar surface area (TPSA) is 69.1 Å². The average molecular weight is 354 g/mol. The van der Waals surface area contributed by atoms with Crippen molar-refractivity contribution < 1.29 is 13.6 Å². The number of rotatable bonds is 5. The molecule has 0 aliphatic heterocycles. The molecule has 0 radical (unpaired) electrons. The smallest absolute Gasteiger partial charge is 0.277 e. The molecule has 0 saturated carbocycles. The van der Waals surface area contributed by atoms with E-state index in [2.05, 4.69) is 16.3 Å². The van der Waals surface area contributed by atoms with Gasteiger partial charge in [0.05, 0.1) is 17.1 Å². The Morgan fingerprint density at radius 1 is 1.20 bits per heavy atom. The van der Waals surface area contributed by atoms with Crippen molar-refractivity contribution in [1.82, 2.24) is 10.2 Å². The summed E-state index contributed by atoms with van der Waals surface area (Å²) in [6.07, 6.45) is 4.94. The van der Waals surface area contributed by atoms with Crippen molar-refractivity contribution in [3.63, 3.8) is 0 Å². The van der Waals surface area contributed by atoms with Gasteiger partial charge in [-0.15, -0.1) is 10.2 Å². The van der Waals surface area contributed by atoms with E-state index in [0.717, 1.165) is 29.7 Å². The van der Waals surface area contributed by atoms with Crippen LogP contribution in [-0.4, -0.2) is 21.2 Å². The number of hydrogen-bond acceptors (Lipinski definition) is 6. The molecule has 6 heteroatoms. The van der Waals surface area contributed by atoms with Crippen LogP contribution in [0.4, 0.5) is 0 Å². The Hall–Kier alpha value is -2.34. The standard InChI is InChI=1S/C19H18N2O3S/c1-11-16(8-9-23-11)18-20-21-19(24-18)25-12(2)17(22)15-7-6-13-4-3-5-14(13)10-15/h6-10,12H,3-5H2,1-2H3/t12-/m1/s1. The number of benzene rings is 1. The van der Waals surface area contributed by atoms with Crippen LogP contribution in [0.1, 0.15) is 40.6 Å². The van der Waals surface area contributed by atoms with Crippen molar-refractivity contribution in [3.05, 3.63) is 53.0 Å². The molecule has 1 atom stereocenters. The fourth-order valence-electron chi connectivity index (χ4n) is 3.14. The van der Waals surface area contributed by atoms with E-state index >= 15 is 0 Å². The van der Waals surface area contributed by atoms with E-state index < -0.39 is 0 Å². The number of carbonyl (C=O) groups is 1. The summed E-state index contributed by atoms with van der Waals surface area (Å²) in [4.78, 5) is 12.7. The highest BCUT2D eigenvalue weighted by molar-refractivity contribution is 8.00. The van der Waals surface area contributed by atoms with Gasteiger partial charge in [0.1, 0.15) is 5.76 Å². The van der Waals surface area contributed by atoms with E-state index in [4.69, 9.17) is 8.83 Å². The number of aromatic nitrogens is 2. The van der Waals surface area contributed by atoms with E-state index in [1.54, 1.807) is 12.3 Å². The van der Waals surface area contributed by atoms with Crippen molar-refractivity contribution in [1.29, 1.82) is 0 Å². The number of thioether (sulfide) groups is 1. The van der Waals surface area contributed by atoms with Crippen molar-refractivity contribution in [2.45, 2.75) is 43.6 Å². The minimum atomic E-state index is -0.293. The number of Topliss-reactive ketones (excluding diaryl/α,β-unsaturated/α-hetero) is 1. The third-order valence-corrected chi connectivity index (χ3v) is 5.46. The van der Waals surface area contributed by atoms with Gasteiger partial charge in [-0.1, -0.05) is 23.9 Å². The van der Waals surface area contributed by atoms with Gasteiger partial charge in [0, 0.05) is 5.56 Å². The Labute approximate surface area is 149 Å². The third kappa shape index (κ3) is 3.14. The van der Waals surface area contributed by atoms with Crippen molar-refractivity contribution in [2.24, 2.45) is 0 Å². The van der Waals surface area contributed by atoms with Gasteiger partial charge >= 0.3 is 0 Å². The summed E-state index contributed by atoms with van der Waals surface area (Å²) in [5, 5.41) is 8.18. The normalized spacial score (nSPS) is 14.5. The lowest BCUT2D eigenvalue weighted by molar-refractivity contribution is 0.0993. The highest BCUT2D eigenvalue weighted by Gasteiger charge is 2.22. The lowest BCUT2D eigenvalue weighted by atomic mass is 10.0. The molecule has 0 spiro atoms. The average Bonchev–Trinajstić information content (AvgIpc) is 3.33. The number of fused-ring (bicyclic) bond motifs is 1. The van der Waals surface area contributed by atoms with Gasteiger partial charge in [-0.25, -0.2) is 0 Å². The monoisotopic (exact) mass is 354 g/mol. The number of aryl methyl sites for hydroxylation is 3. The van der Waals surface area contributed by atoms with Crippen LogP contribution in [-0.2, 0) is 12.8 Å². The van der Waals surface area contributed by atoms with Crippen LogP contribution in [0.15, 0.2) is 44.6 Å². The van der Waals surface area contributed by atoms with Gasteiger partial charge < -0.3 is 8.83 Å². The fraction of sp³-hybridized carbons (Fsp3) is 0.316. The minimum absolute atomic E-state index is 0.0824. The third-order valence-electron chi connectivity index (χ3n) is 4.53. The first-order valence-electron chi connectivity index (χ1n) is 8.32. The van der Waals surface area contributed by atoms with Crippen LogP contribution < -0.4 is 0 Å². The van der Waals surface area contributed by atoms with E-state index in [0.29, 0.717) is 11.1 Å². The molecular weight excluding hydrogens is 336 g/mol. The molecule has 2 heterocycles. The molecular formula is C19H18N2O3S. The van der Waals surface area contributed by atoms with Crippen LogP contribution in [0.25, 0.3) is 11.5 Å². The van der Waals surface area contributed by atoms with Crippen molar-refractivity contribution >= 4 is 17.5 Å². The predicted molar refractivity (Wildman–Crippen MR) is 94.9 cm³/mol. The molecule has 0 bridgehead atoms. The second kappa shape index (κ2) is 6.52. The van der Waals surface area contributed by atoms with Crippen LogP contribution in [0, 0.1) is 6.92 Å². The SMILES string of the molecule is Cc1occc1-c1nnc(S[C@H](C)C(=O)c2ccc3c(c2)CCC3)o1. The fourth-order valence-corrected chi connectivity index (χ4v) is 3.90. The molecule has 0 saturated heterocycles. The maximum Gasteiger partial charge on any atom is 0.277 e. The Bertz CT molecular complexity index is 928. The summed E-state index contributed by atoms with van der Waals surface area (Å²) in [5.74, 6) is 1.22. The lowest BCUT2D eigenvalue weighted by Crippen LogP contribution is -2.13. The number of furan rings is 1. The van der Waals surface area contributed by atoms with Gasteiger partial charge in [-0.3, -0.25) is 4.79 Å². The maximum atomic E-state index is 12.7. The first-order chi connectivity index (χ1) is 12.1. The molecule has 2 aromatic heterocycles. The number of nitrogens with zero attached hydrogens (tertiary/aromatic N) is 2. The van der Waals surface area contributed by atoms with Crippen molar-refractivity contribution in [2.75, 3.05) is 0 Å². The summed E-state index contributed by atoms with van der Waals surface area (Å²) >= 11 is 1.28. The molecule has 4 rings (SSSR count). The number of ketones is 1. The summed E-state index contributed by atoms with van der Waals surface area (Å²) in [5.41, 5.74) is 4.20. The summed E-state index contributed by atoms with van der Waals surface area (Å²) in [7, 11) is 0. The van der Waals surface area contributed by atoms with E-state index in [9.17, 15) is 4.79 Å². The Balaban J connectivity index is 1.48. The molecule has 3 aromatic rings. The highest BCUT2D eigenvalue weighted by atomic mass is 32.2. The second-order valence-corrected chi connectivity index (χ2v) is 7.52. The van der Waals surface area contributed by atoms with Crippen LogP contribution in [0.2, 0.25) is 0 Å². The first-order valence-corrected chi connectivity index (χ1v) is 9.20. The summed E-state index contributed by atoms with van der Waals surface area (Å²) < 4.78 is 10.9. The van der Waals surface area contributed by atoms with E-state index in [1.807, 2.05) is 26.0 Å². The summed E-state index contributed by atoms with van der Waals surface area (Å²) in [6.45, 7) is 3.71. The van der Waals surface area contributed by atoms with Gasteiger partial charge in [-0.05, 0) is 56.4 Å². The van der Waals surface area contributed by atoms with Gasteiger partial charge in [-0.2, -0.15) is 0 Å². The Morgan fingerprint density at radius 3 is 2.84 bits per heavy atom. The molecule has 0 unspecified atom stereocenters. The minimum Gasteiger partial charge on any atom is -0.469 e. The zero-order valence-corrected chi connectivity index (χ0v) is 14.9. The van der Waals surface area contributed by atoms with Gasteiger partial charge in [0.25, 0.3) is 11.1 Å². The summed E-state index contributed by atoms with van der Waals surface area (Å²) in [6, 6.07) is 7.84. The number of carbonyl (C=O) groups excluding carboxylic acids is 1. The largest absolute Gasteiger partial charge is 0.469 e. The Kier molecular flexibility index (Phi) is 4.21. The molecule has 1 aliphatic carbocycles.